The minimum absolute atomic E-state index is 0.203. The summed E-state index contributed by atoms with van der Waals surface area (Å²) in [5.41, 5.74) is 2.79. The molecule has 7 rings (SSSR count). The molecule has 0 aliphatic rings. The molecule has 45 heavy (non-hydrogen) atoms. The van der Waals surface area contributed by atoms with E-state index in [2.05, 4.69) is 72.8 Å². The second-order valence-electron chi connectivity index (χ2n) is 10.5. The van der Waals surface area contributed by atoms with Gasteiger partial charge in [0.2, 0.25) is 5.89 Å². The Morgan fingerprint density at radius 3 is 1.38 bits per heavy atom. The molecule has 0 aliphatic heterocycles. The van der Waals surface area contributed by atoms with E-state index in [-0.39, 0.29) is 5.91 Å². The third-order valence-corrected chi connectivity index (χ3v) is 11.9. The summed E-state index contributed by atoms with van der Waals surface area (Å²) in [6.45, 7) is 0. The normalized spacial score (nSPS) is 11.2. The third kappa shape index (κ3) is 5.26. The number of para-hydroxylation sites is 1. The van der Waals surface area contributed by atoms with Crippen molar-refractivity contribution in [2.45, 2.75) is 0 Å². The topological polar surface area (TPSA) is 46.3 Å². The maximum absolute atomic E-state index is 14.6. The SMILES string of the molecule is O=C(c1ccccc1)N(c1ccccc1)c1oc(-c2ccccc2)nc1[P+](c1ccccc1)(c1ccccc1)c1ccccc1. The van der Waals surface area contributed by atoms with Gasteiger partial charge in [-0.05, 0) is 72.8 Å². The van der Waals surface area contributed by atoms with Crippen LogP contribution in [0.2, 0.25) is 0 Å². The zero-order valence-electron chi connectivity index (χ0n) is 24.5. The van der Waals surface area contributed by atoms with Crippen LogP contribution in [0.1, 0.15) is 10.4 Å². The molecule has 5 heteroatoms. The second kappa shape index (κ2) is 12.6. The van der Waals surface area contributed by atoms with Crippen molar-refractivity contribution in [1.82, 2.24) is 4.98 Å². The van der Waals surface area contributed by atoms with Crippen LogP contribution in [0.3, 0.4) is 0 Å². The average molecular weight is 602 g/mol. The number of amides is 1. The number of hydrogen-bond donors (Lipinski definition) is 0. The summed E-state index contributed by atoms with van der Waals surface area (Å²) in [4.78, 5) is 21.7. The van der Waals surface area contributed by atoms with E-state index in [0.717, 1.165) is 26.9 Å². The lowest BCUT2D eigenvalue weighted by molar-refractivity contribution is 0.0996. The van der Waals surface area contributed by atoms with E-state index in [0.29, 0.717) is 23.0 Å². The highest BCUT2D eigenvalue weighted by molar-refractivity contribution is 8.01. The number of nitrogens with zero attached hydrogens (tertiary/aromatic N) is 2. The molecule has 0 spiro atoms. The van der Waals surface area contributed by atoms with Gasteiger partial charge in [0.05, 0.1) is 5.69 Å². The van der Waals surface area contributed by atoms with Crippen molar-refractivity contribution < 1.29 is 9.21 Å². The molecule has 6 aromatic carbocycles. The number of carbonyl (C=O) groups excluding carboxylic acids is 1. The van der Waals surface area contributed by atoms with Gasteiger partial charge in [-0.25, -0.2) is 4.90 Å². The van der Waals surface area contributed by atoms with Crippen LogP contribution in [0.4, 0.5) is 11.6 Å². The lowest BCUT2D eigenvalue weighted by Gasteiger charge is -2.28. The molecule has 0 saturated carbocycles. The number of carbonyl (C=O) groups is 1. The Morgan fingerprint density at radius 2 is 0.911 bits per heavy atom. The van der Waals surface area contributed by atoms with Gasteiger partial charge in [-0.3, -0.25) is 4.79 Å². The summed E-state index contributed by atoms with van der Waals surface area (Å²) in [6.07, 6.45) is 0. The van der Waals surface area contributed by atoms with Crippen molar-refractivity contribution in [1.29, 1.82) is 0 Å². The van der Waals surface area contributed by atoms with Gasteiger partial charge >= 0.3 is 0 Å². The van der Waals surface area contributed by atoms with Crippen molar-refractivity contribution in [3.8, 4) is 11.5 Å². The molecule has 0 bridgehead atoms. The number of anilines is 2. The molecule has 1 amide bonds. The molecule has 1 heterocycles. The molecule has 7 aromatic rings. The maximum atomic E-state index is 14.6. The highest BCUT2D eigenvalue weighted by Gasteiger charge is 2.54. The predicted octanol–water partition coefficient (Wildman–Crippen LogP) is 7.94. The van der Waals surface area contributed by atoms with E-state index < -0.39 is 7.26 Å². The first-order valence-corrected chi connectivity index (χ1v) is 16.6. The van der Waals surface area contributed by atoms with Gasteiger partial charge in [-0.15, -0.1) is 0 Å². The first-order valence-electron chi connectivity index (χ1n) is 14.8. The van der Waals surface area contributed by atoms with Gasteiger partial charge < -0.3 is 4.42 Å². The van der Waals surface area contributed by atoms with Crippen molar-refractivity contribution >= 4 is 46.1 Å². The zero-order chi connectivity index (χ0) is 30.5. The van der Waals surface area contributed by atoms with Gasteiger partial charge in [0.1, 0.15) is 15.9 Å². The quantitative estimate of drug-likeness (QED) is 0.166. The standard InChI is InChI=1S/C40H30N2O2P/c43-39(32-21-9-2-10-22-32)42(33-23-11-3-12-24-33)40-38(41-37(44-40)31-19-7-1-8-20-31)45(34-25-13-4-14-26-34,35-27-15-5-16-28-35)36-29-17-6-18-30-36/h1-30H/q+1. The fraction of sp³-hybridized carbons (Fsp3) is 0. The summed E-state index contributed by atoms with van der Waals surface area (Å²) >= 11 is 0. The maximum Gasteiger partial charge on any atom is 0.273 e. The van der Waals surface area contributed by atoms with Crippen LogP contribution in [0.15, 0.2) is 186 Å². The first-order chi connectivity index (χ1) is 22.3. The van der Waals surface area contributed by atoms with E-state index in [1.54, 1.807) is 4.90 Å². The van der Waals surface area contributed by atoms with Crippen LogP contribution in [0.5, 0.6) is 0 Å². The minimum atomic E-state index is -2.75. The molecule has 0 unspecified atom stereocenters. The Morgan fingerprint density at radius 1 is 0.511 bits per heavy atom. The lowest BCUT2D eigenvalue weighted by Crippen LogP contribution is -2.42. The lowest BCUT2D eigenvalue weighted by atomic mass is 10.2. The van der Waals surface area contributed by atoms with E-state index in [1.807, 2.05) is 109 Å². The summed E-state index contributed by atoms with van der Waals surface area (Å²) in [6, 6.07) is 60.4. The van der Waals surface area contributed by atoms with Gasteiger partial charge in [-0.1, -0.05) is 109 Å². The van der Waals surface area contributed by atoms with Crippen LogP contribution >= 0.6 is 7.26 Å². The molecule has 0 saturated heterocycles. The average Bonchev–Trinajstić information content (AvgIpc) is 3.56. The Bertz CT molecular complexity index is 1900. The van der Waals surface area contributed by atoms with Crippen LogP contribution in [-0.4, -0.2) is 10.9 Å². The predicted molar refractivity (Wildman–Crippen MR) is 186 cm³/mol. The van der Waals surface area contributed by atoms with E-state index in [1.165, 1.54) is 0 Å². The summed E-state index contributed by atoms with van der Waals surface area (Å²) in [7, 11) is -2.75. The summed E-state index contributed by atoms with van der Waals surface area (Å²) in [5, 5.41) is 3.32. The van der Waals surface area contributed by atoms with Crippen LogP contribution in [0, 0.1) is 0 Å². The molecule has 0 atom stereocenters. The molecule has 0 radical (unpaired) electrons. The molecule has 4 nitrogen and oxygen atoms in total. The molecule has 0 fully saturated rings. The van der Waals surface area contributed by atoms with Gasteiger partial charge in [0.25, 0.3) is 17.2 Å². The summed E-state index contributed by atoms with van der Waals surface area (Å²) < 4.78 is 6.85. The summed E-state index contributed by atoms with van der Waals surface area (Å²) in [5.74, 6) is 0.652. The highest BCUT2D eigenvalue weighted by Crippen LogP contribution is 2.56. The fourth-order valence-corrected chi connectivity index (χ4v) is 9.91. The smallest absolute Gasteiger partial charge is 0.273 e. The van der Waals surface area contributed by atoms with Crippen LogP contribution < -0.4 is 26.2 Å². The largest absolute Gasteiger partial charge is 0.416 e. The monoisotopic (exact) mass is 601 g/mol. The van der Waals surface area contributed by atoms with E-state index in [4.69, 9.17) is 9.40 Å². The van der Waals surface area contributed by atoms with E-state index >= 15 is 0 Å². The number of hydrogen-bond acceptors (Lipinski definition) is 3. The first kappa shape index (κ1) is 28.2. The van der Waals surface area contributed by atoms with Crippen molar-refractivity contribution in [3.63, 3.8) is 0 Å². The highest BCUT2D eigenvalue weighted by atomic mass is 31.2. The number of rotatable bonds is 8. The molecule has 0 N–H and O–H groups in total. The molecule has 216 valence electrons. The number of oxazole rings is 1. The van der Waals surface area contributed by atoms with Crippen molar-refractivity contribution in [2.75, 3.05) is 4.90 Å². The molecular weight excluding hydrogens is 571 g/mol. The Labute approximate surface area is 263 Å². The van der Waals surface area contributed by atoms with Crippen LogP contribution in [-0.2, 0) is 0 Å². The molecule has 0 aliphatic carbocycles. The van der Waals surface area contributed by atoms with Gasteiger partial charge in [-0.2, -0.15) is 4.98 Å². The Hall–Kier alpha value is -5.57. The van der Waals surface area contributed by atoms with Crippen molar-refractivity contribution in [3.05, 3.63) is 188 Å². The Kier molecular flexibility index (Phi) is 7.89. The van der Waals surface area contributed by atoms with E-state index in [9.17, 15) is 4.79 Å². The second-order valence-corrected chi connectivity index (χ2v) is 13.8. The zero-order valence-corrected chi connectivity index (χ0v) is 25.4. The Balaban J connectivity index is 1.62. The number of aromatic nitrogens is 1. The minimum Gasteiger partial charge on any atom is -0.416 e. The van der Waals surface area contributed by atoms with Gasteiger partial charge in [0, 0.05) is 11.1 Å². The number of benzene rings is 6. The van der Waals surface area contributed by atoms with Crippen LogP contribution in [0.25, 0.3) is 11.5 Å². The van der Waals surface area contributed by atoms with Gasteiger partial charge in [0.15, 0.2) is 7.26 Å². The third-order valence-electron chi connectivity index (χ3n) is 7.80. The molecular formula is C40H30N2O2P+. The fourth-order valence-electron chi connectivity index (χ4n) is 5.75. The van der Waals surface area contributed by atoms with Crippen molar-refractivity contribution in [2.24, 2.45) is 0 Å². The molecule has 1 aromatic heterocycles.